The zero-order valence-electron chi connectivity index (χ0n) is 25.5. The van der Waals surface area contributed by atoms with Crippen molar-refractivity contribution in [2.45, 2.75) is 75.6 Å². The summed E-state index contributed by atoms with van der Waals surface area (Å²) in [7, 11) is 0. The number of ether oxygens (including phenoxy) is 3. The van der Waals surface area contributed by atoms with Crippen molar-refractivity contribution in [2.75, 3.05) is 11.9 Å². The van der Waals surface area contributed by atoms with Gasteiger partial charge in [0, 0.05) is 15.9 Å². The van der Waals surface area contributed by atoms with Gasteiger partial charge in [0.25, 0.3) is 0 Å². The number of halogens is 1. The highest BCUT2D eigenvalue weighted by Gasteiger charge is 2.37. The monoisotopic (exact) mass is 688 g/mol. The summed E-state index contributed by atoms with van der Waals surface area (Å²) in [4.78, 5) is 18.7. The fourth-order valence-corrected chi connectivity index (χ4v) is 6.76. The van der Waals surface area contributed by atoms with Gasteiger partial charge in [0.2, 0.25) is 11.1 Å². The first-order valence-corrected chi connectivity index (χ1v) is 17.2. The van der Waals surface area contributed by atoms with Crippen molar-refractivity contribution in [2.24, 2.45) is 0 Å². The number of hydrogen-bond donors (Lipinski definition) is 1. The summed E-state index contributed by atoms with van der Waals surface area (Å²) in [5.74, 6) is 2.21. The quantitative estimate of drug-likeness (QED) is 0.124. The van der Waals surface area contributed by atoms with Crippen LogP contribution in [0.25, 0.3) is 0 Å². The number of esters is 1. The second-order valence-electron chi connectivity index (χ2n) is 11.2. The molecular weight excluding hydrogens is 652 g/mol. The topological polar surface area (TPSA) is 87.5 Å². The van der Waals surface area contributed by atoms with E-state index in [4.69, 9.17) is 24.3 Å². The van der Waals surface area contributed by atoms with Crippen molar-refractivity contribution in [1.29, 1.82) is 0 Å². The first-order chi connectivity index (χ1) is 22.0. The lowest BCUT2D eigenvalue weighted by Gasteiger charge is -2.30. The molecule has 0 amide bonds. The number of nitrogens with zero attached hydrogens (tertiary/aromatic N) is 3. The summed E-state index contributed by atoms with van der Waals surface area (Å²) in [6.45, 7) is 4.70. The maximum atomic E-state index is 13.9. The van der Waals surface area contributed by atoms with Crippen LogP contribution in [0.5, 0.6) is 11.5 Å². The van der Waals surface area contributed by atoms with Gasteiger partial charge in [-0.15, -0.1) is 5.10 Å². The fraction of sp³-hybridized carbons (Fsp3) is 0.343. The Bertz CT molecular complexity index is 1650. The minimum Gasteiger partial charge on any atom is -0.490 e. The Balaban J connectivity index is 1.33. The largest absolute Gasteiger partial charge is 0.490 e. The highest BCUT2D eigenvalue weighted by Crippen LogP contribution is 2.41. The minimum absolute atomic E-state index is 0.0743. The number of anilines is 1. The molecule has 3 aromatic carbocycles. The summed E-state index contributed by atoms with van der Waals surface area (Å²) < 4.78 is 21.2. The van der Waals surface area contributed by atoms with Crippen LogP contribution in [0.3, 0.4) is 0 Å². The highest BCUT2D eigenvalue weighted by atomic mass is 79.9. The third kappa shape index (κ3) is 7.56. The van der Waals surface area contributed by atoms with Gasteiger partial charge in [-0.2, -0.15) is 4.98 Å². The fourth-order valence-electron chi connectivity index (χ4n) is 5.71. The molecule has 0 bridgehead atoms. The second-order valence-corrected chi connectivity index (χ2v) is 13.1. The molecule has 1 aliphatic heterocycles. The number of allylic oxidation sites excluding steroid dienone is 1. The SMILES string of the molecule is CCOc1cc(C2C(C(=O)OC3CCCCC3)=C(C)Nc3nc(SCc4ccccc4)nn32)ccc1OCc1ccc(Br)cc1. The molecule has 1 fully saturated rings. The molecule has 6 rings (SSSR count). The van der Waals surface area contributed by atoms with E-state index < -0.39 is 6.04 Å². The third-order valence-corrected chi connectivity index (χ3v) is 9.42. The van der Waals surface area contributed by atoms with Crippen LogP contribution in [0, 0.1) is 0 Å². The summed E-state index contributed by atoms with van der Waals surface area (Å²) >= 11 is 5.04. The molecule has 2 heterocycles. The zero-order valence-corrected chi connectivity index (χ0v) is 27.9. The molecule has 4 aromatic rings. The van der Waals surface area contributed by atoms with Crippen LogP contribution in [-0.4, -0.2) is 33.4 Å². The minimum atomic E-state index is -0.560. The summed E-state index contributed by atoms with van der Waals surface area (Å²) in [5.41, 5.74) is 4.28. The van der Waals surface area contributed by atoms with E-state index in [0.717, 1.165) is 47.0 Å². The number of fused-ring (bicyclic) bond motifs is 1. The predicted molar refractivity (Wildman–Crippen MR) is 180 cm³/mol. The Morgan fingerprint density at radius 1 is 0.978 bits per heavy atom. The Morgan fingerprint density at radius 3 is 2.51 bits per heavy atom. The van der Waals surface area contributed by atoms with Crippen molar-refractivity contribution in [3.8, 4) is 11.5 Å². The molecule has 1 N–H and O–H groups in total. The van der Waals surface area contributed by atoms with E-state index in [1.807, 2.05) is 74.5 Å². The molecular formula is C35H37BrN4O4S. The molecule has 1 saturated carbocycles. The van der Waals surface area contributed by atoms with Crippen molar-refractivity contribution < 1.29 is 19.0 Å². The molecule has 1 unspecified atom stereocenters. The summed E-state index contributed by atoms with van der Waals surface area (Å²) in [6, 6.07) is 23.5. The average Bonchev–Trinajstić information content (AvgIpc) is 3.46. The molecule has 1 aliphatic carbocycles. The van der Waals surface area contributed by atoms with E-state index in [1.165, 1.54) is 12.0 Å². The molecule has 0 saturated heterocycles. The van der Waals surface area contributed by atoms with Gasteiger partial charge >= 0.3 is 5.97 Å². The number of hydrogen-bond acceptors (Lipinski definition) is 8. The molecule has 8 nitrogen and oxygen atoms in total. The maximum Gasteiger partial charge on any atom is 0.338 e. The van der Waals surface area contributed by atoms with Crippen LogP contribution in [0.2, 0.25) is 0 Å². The van der Waals surface area contributed by atoms with Gasteiger partial charge in [0.15, 0.2) is 11.5 Å². The number of aromatic nitrogens is 3. The van der Waals surface area contributed by atoms with E-state index >= 15 is 0 Å². The van der Waals surface area contributed by atoms with Crippen molar-refractivity contribution in [3.05, 3.63) is 105 Å². The smallest absolute Gasteiger partial charge is 0.338 e. The molecule has 0 radical (unpaired) electrons. The van der Waals surface area contributed by atoms with Crippen LogP contribution >= 0.6 is 27.7 Å². The Hall–Kier alpha value is -3.76. The maximum absolute atomic E-state index is 13.9. The van der Waals surface area contributed by atoms with E-state index in [-0.39, 0.29) is 12.1 Å². The van der Waals surface area contributed by atoms with E-state index in [1.54, 1.807) is 16.4 Å². The number of rotatable bonds is 11. The summed E-state index contributed by atoms with van der Waals surface area (Å²) in [5, 5.41) is 8.87. The van der Waals surface area contributed by atoms with E-state index in [2.05, 4.69) is 33.4 Å². The standard InChI is InChI=1S/C35H37BrN4O4S/c1-3-42-30-20-26(16-19-29(30)43-21-24-14-17-27(36)18-15-24)32-31(33(41)44-28-12-8-5-9-13-28)23(2)37-34-38-35(39-40(32)34)45-22-25-10-6-4-7-11-25/h4,6-7,10-11,14-20,28,32H,3,5,8-9,12-13,21-22H2,1-2H3,(H,37,38,39). The lowest BCUT2D eigenvalue weighted by atomic mass is 9.94. The Morgan fingerprint density at radius 2 is 1.76 bits per heavy atom. The molecule has 234 valence electrons. The molecule has 10 heteroatoms. The summed E-state index contributed by atoms with van der Waals surface area (Å²) in [6.07, 6.45) is 5.05. The lowest BCUT2D eigenvalue weighted by Crippen LogP contribution is -2.32. The van der Waals surface area contributed by atoms with Crippen LogP contribution in [0.15, 0.2) is 93.7 Å². The van der Waals surface area contributed by atoms with Crippen LogP contribution < -0.4 is 14.8 Å². The van der Waals surface area contributed by atoms with Gasteiger partial charge in [-0.3, -0.25) is 0 Å². The van der Waals surface area contributed by atoms with Crippen molar-refractivity contribution in [1.82, 2.24) is 14.8 Å². The van der Waals surface area contributed by atoms with Crippen LogP contribution in [-0.2, 0) is 21.9 Å². The van der Waals surface area contributed by atoms with Gasteiger partial charge in [-0.05, 0) is 80.5 Å². The first kappa shape index (κ1) is 31.2. The number of carbonyl (C=O) groups is 1. The van der Waals surface area contributed by atoms with Crippen molar-refractivity contribution >= 4 is 39.6 Å². The number of thioether (sulfide) groups is 1. The number of benzene rings is 3. The van der Waals surface area contributed by atoms with Gasteiger partial charge in [-0.1, -0.05) is 82.6 Å². The van der Waals surface area contributed by atoms with E-state index in [0.29, 0.717) is 47.1 Å². The third-order valence-electron chi connectivity index (χ3n) is 7.98. The lowest BCUT2D eigenvalue weighted by molar-refractivity contribution is -0.146. The van der Waals surface area contributed by atoms with Gasteiger partial charge in [0.1, 0.15) is 18.8 Å². The molecule has 2 aliphatic rings. The van der Waals surface area contributed by atoms with Crippen molar-refractivity contribution in [3.63, 3.8) is 0 Å². The molecule has 1 aromatic heterocycles. The zero-order chi connectivity index (χ0) is 31.2. The van der Waals surface area contributed by atoms with Crippen LogP contribution in [0.4, 0.5) is 5.95 Å². The highest BCUT2D eigenvalue weighted by molar-refractivity contribution is 9.10. The predicted octanol–water partition coefficient (Wildman–Crippen LogP) is 8.48. The average molecular weight is 690 g/mol. The van der Waals surface area contributed by atoms with Gasteiger partial charge in [0.05, 0.1) is 12.2 Å². The molecule has 1 atom stereocenters. The molecule has 45 heavy (non-hydrogen) atoms. The van der Waals surface area contributed by atoms with E-state index in [9.17, 15) is 4.79 Å². The second kappa shape index (κ2) is 14.6. The van der Waals surface area contributed by atoms with Gasteiger partial charge < -0.3 is 19.5 Å². The Kier molecular flexibility index (Phi) is 10.1. The first-order valence-electron chi connectivity index (χ1n) is 15.4. The number of nitrogens with one attached hydrogen (secondary N) is 1. The molecule has 0 spiro atoms. The number of carbonyl (C=O) groups excluding carboxylic acids is 1. The Labute approximate surface area is 276 Å². The van der Waals surface area contributed by atoms with Crippen LogP contribution in [0.1, 0.15) is 68.7 Å². The normalized spacial score (nSPS) is 16.6. The van der Waals surface area contributed by atoms with Gasteiger partial charge in [-0.25, -0.2) is 9.48 Å².